The van der Waals surface area contributed by atoms with Crippen LogP contribution in [-0.2, 0) is 9.59 Å². The zero-order valence-electron chi connectivity index (χ0n) is 15.3. The van der Waals surface area contributed by atoms with Crippen LogP contribution in [0.5, 0.6) is 5.75 Å². The molecule has 1 atom stereocenters. The van der Waals surface area contributed by atoms with Gasteiger partial charge in [0.1, 0.15) is 5.75 Å². The number of likely N-dealkylation sites (N-methyl/N-ethyl adjacent to an activating group) is 1. The number of halogens is 2. The predicted octanol–water partition coefficient (Wildman–Crippen LogP) is 3.31. The van der Waals surface area contributed by atoms with E-state index in [2.05, 4.69) is 5.32 Å². The highest BCUT2D eigenvalue weighted by atomic mass is 19.2. The fraction of sp³-hybridized carbons (Fsp3) is 0.250. The molecule has 28 heavy (non-hydrogen) atoms. The number of amides is 2. The van der Waals surface area contributed by atoms with Gasteiger partial charge in [0.15, 0.2) is 23.5 Å². The lowest BCUT2D eigenvalue weighted by molar-refractivity contribution is -0.125. The number of benzene rings is 2. The summed E-state index contributed by atoms with van der Waals surface area (Å²) in [7, 11) is 1.60. The van der Waals surface area contributed by atoms with E-state index in [9.17, 15) is 23.2 Å². The molecular weight excluding hydrogens is 370 g/mol. The molecule has 2 aromatic carbocycles. The summed E-state index contributed by atoms with van der Waals surface area (Å²) in [6.07, 6.45) is -0.806. The van der Waals surface area contributed by atoms with Crippen molar-refractivity contribution in [3.63, 3.8) is 0 Å². The molecule has 146 valence electrons. The van der Waals surface area contributed by atoms with Gasteiger partial charge in [-0.2, -0.15) is 0 Å². The van der Waals surface area contributed by atoms with Crippen LogP contribution in [0.25, 0.3) is 0 Å². The SMILES string of the molecule is CC1Oc2ccc(C(=O)CCC(=O)Nc3ccc(F)c(F)c3)cc2N(C)C1=O. The zero-order valence-corrected chi connectivity index (χ0v) is 15.3. The highest BCUT2D eigenvalue weighted by molar-refractivity contribution is 6.04. The van der Waals surface area contributed by atoms with E-state index in [0.717, 1.165) is 12.1 Å². The van der Waals surface area contributed by atoms with Gasteiger partial charge in [-0.25, -0.2) is 8.78 Å². The topological polar surface area (TPSA) is 75.7 Å². The number of Topliss-reactive ketones (excluding diaryl/α,β-unsaturated/α-hetero) is 1. The molecular formula is C20H18F2N2O4. The molecule has 0 fully saturated rings. The van der Waals surface area contributed by atoms with Crippen molar-refractivity contribution in [2.75, 3.05) is 17.3 Å². The van der Waals surface area contributed by atoms with Crippen LogP contribution < -0.4 is 15.0 Å². The van der Waals surface area contributed by atoms with Crippen molar-refractivity contribution >= 4 is 29.0 Å². The summed E-state index contributed by atoms with van der Waals surface area (Å²) in [6, 6.07) is 7.74. The number of carbonyl (C=O) groups is 3. The lowest BCUT2D eigenvalue weighted by atomic mass is 10.0. The van der Waals surface area contributed by atoms with Crippen LogP contribution in [-0.4, -0.2) is 30.7 Å². The van der Waals surface area contributed by atoms with Crippen LogP contribution in [0.2, 0.25) is 0 Å². The molecule has 0 saturated carbocycles. The second-order valence-corrected chi connectivity index (χ2v) is 6.44. The molecule has 1 aliphatic heterocycles. The minimum absolute atomic E-state index is 0.0801. The maximum atomic E-state index is 13.2. The van der Waals surface area contributed by atoms with E-state index in [4.69, 9.17) is 4.74 Å². The van der Waals surface area contributed by atoms with Gasteiger partial charge in [-0.15, -0.1) is 0 Å². The third-order valence-electron chi connectivity index (χ3n) is 4.41. The number of fused-ring (bicyclic) bond motifs is 1. The van der Waals surface area contributed by atoms with Crippen molar-refractivity contribution in [1.29, 1.82) is 0 Å². The minimum Gasteiger partial charge on any atom is -0.479 e. The molecule has 0 saturated heterocycles. The fourth-order valence-corrected chi connectivity index (χ4v) is 2.85. The molecule has 0 aliphatic carbocycles. The van der Waals surface area contributed by atoms with Gasteiger partial charge in [-0.3, -0.25) is 14.4 Å². The Bertz CT molecular complexity index is 961. The van der Waals surface area contributed by atoms with Crippen LogP contribution in [0.4, 0.5) is 20.2 Å². The molecule has 1 aliphatic rings. The molecule has 3 rings (SSSR count). The Kier molecular flexibility index (Phi) is 5.39. The first-order valence-electron chi connectivity index (χ1n) is 8.62. The summed E-state index contributed by atoms with van der Waals surface area (Å²) in [4.78, 5) is 37.8. The molecule has 0 spiro atoms. The van der Waals surface area contributed by atoms with Crippen molar-refractivity contribution in [3.8, 4) is 5.75 Å². The van der Waals surface area contributed by atoms with Gasteiger partial charge in [0, 0.05) is 37.2 Å². The van der Waals surface area contributed by atoms with E-state index in [1.165, 1.54) is 11.0 Å². The van der Waals surface area contributed by atoms with Crippen LogP contribution in [0.3, 0.4) is 0 Å². The van der Waals surface area contributed by atoms with Gasteiger partial charge in [0.2, 0.25) is 5.91 Å². The molecule has 8 heteroatoms. The second-order valence-electron chi connectivity index (χ2n) is 6.44. The monoisotopic (exact) mass is 388 g/mol. The smallest absolute Gasteiger partial charge is 0.267 e. The lowest BCUT2D eigenvalue weighted by Gasteiger charge is -2.30. The van der Waals surface area contributed by atoms with Gasteiger partial charge in [-0.1, -0.05) is 0 Å². The maximum Gasteiger partial charge on any atom is 0.267 e. The Morgan fingerprint density at radius 2 is 1.86 bits per heavy atom. The van der Waals surface area contributed by atoms with Gasteiger partial charge < -0.3 is 15.0 Å². The molecule has 1 unspecified atom stereocenters. The van der Waals surface area contributed by atoms with E-state index in [-0.39, 0.29) is 30.2 Å². The Morgan fingerprint density at radius 3 is 2.57 bits per heavy atom. The Balaban J connectivity index is 1.63. The highest BCUT2D eigenvalue weighted by Gasteiger charge is 2.29. The molecule has 2 amide bonds. The summed E-state index contributed by atoms with van der Waals surface area (Å²) in [5.41, 5.74) is 0.939. The Labute approximate surface area is 160 Å². The standard InChI is InChI=1S/C20H18F2N2O4/c1-11-20(27)24(2)16-9-12(3-7-18(16)28-11)17(25)6-8-19(26)23-13-4-5-14(21)15(22)10-13/h3-5,7,9-11H,6,8H2,1-2H3,(H,23,26). The minimum atomic E-state index is -1.07. The predicted molar refractivity (Wildman–Crippen MR) is 98.5 cm³/mol. The van der Waals surface area contributed by atoms with Crippen molar-refractivity contribution < 1.29 is 27.9 Å². The molecule has 0 radical (unpaired) electrons. The third kappa shape index (κ3) is 4.00. The number of nitrogens with one attached hydrogen (secondary N) is 1. The first-order valence-corrected chi connectivity index (χ1v) is 8.62. The number of ketones is 1. The summed E-state index contributed by atoms with van der Waals surface area (Å²) >= 11 is 0. The van der Waals surface area contributed by atoms with Crippen molar-refractivity contribution in [1.82, 2.24) is 0 Å². The van der Waals surface area contributed by atoms with E-state index >= 15 is 0 Å². The van der Waals surface area contributed by atoms with Gasteiger partial charge in [0.25, 0.3) is 5.91 Å². The van der Waals surface area contributed by atoms with Crippen molar-refractivity contribution in [2.24, 2.45) is 0 Å². The third-order valence-corrected chi connectivity index (χ3v) is 4.41. The number of rotatable bonds is 5. The summed E-state index contributed by atoms with van der Waals surface area (Å²) < 4.78 is 31.6. The number of nitrogens with zero attached hydrogens (tertiary/aromatic N) is 1. The van der Waals surface area contributed by atoms with E-state index in [0.29, 0.717) is 17.0 Å². The lowest BCUT2D eigenvalue weighted by Crippen LogP contribution is -2.42. The maximum absolute atomic E-state index is 13.2. The second kappa shape index (κ2) is 7.75. The Morgan fingerprint density at radius 1 is 1.11 bits per heavy atom. The first kappa shape index (κ1) is 19.5. The molecule has 2 aromatic rings. The van der Waals surface area contributed by atoms with Crippen molar-refractivity contribution in [2.45, 2.75) is 25.9 Å². The van der Waals surface area contributed by atoms with Crippen LogP contribution in [0.15, 0.2) is 36.4 Å². The average Bonchev–Trinajstić information content (AvgIpc) is 2.67. The van der Waals surface area contributed by atoms with Crippen LogP contribution in [0, 0.1) is 11.6 Å². The van der Waals surface area contributed by atoms with E-state index in [1.807, 2.05) is 0 Å². The van der Waals surface area contributed by atoms with E-state index in [1.54, 1.807) is 32.2 Å². The van der Waals surface area contributed by atoms with E-state index < -0.39 is 23.6 Å². The average molecular weight is 388 g/mol. The largest absolute Gasteiger partial charge is 0.479 e. The summed E-state index contributed by atoms with van der Waals surface area (Å²) in [5.74, 6) is -2.59. The van der Waals surface area contributed by atoms with Gasteiger partial charge in [-0.05, 0) is 37.3 Å². The summed E-state index contributed by atoms with van der Waals surface area (Å²) in [6.45, 7) is 1.65. The Hall–Kier alpha value is -3.29. The van der Waals surface area contributed by atoms with Crippen molar-refractivity contribution in [3.05, 3.63) is 53.6 Å². The first-order chi connectivity index (χ1) is 13.3. The van der Waals surface area contributed by atoms with Crippen LogP contribution >= 0.6 is 0 Å². The molecule has 1 heterocycles. The number of anilines is 2. The highest BCUT2D eigenvalue weighted by Crippen LogP contribution is 2.34. The summed E-state index contributed by atoms with van der Waals surface area (Å²) in [5, 5.41) is 2.41. The number of ether oxygens (including phenoxy) is 1. The molecule has 0 aromatic heterocycles. The van der Waals surface area contributed by atoms with Crippen LogP contribution in [0.1, 0.15) is 30.1 Å². The zero-order chi connectivity index (χ0) is 20.4. The number of hydrogen-bond donors (Lipinski definition) is 1. The molecule has 0 bridgehead atoms. The van der Waals surface area contributed by atoms with Gasteiger partial charge in [0.05, 0.1) is 5.69 Å². The van der Waals surface area contributed by atoms with Gasteiger partial charge >= 0.3 is 0 Å². The molecule has 1 N–H and O–H groups in total. The number of carbonyl (C=O) groups excluding carboxylic acids is 3. The normalized spacial score (nSPS) is 15.6. The fourth-order valence-electron chi connectivity index (χ4n) is 2.85. The quantitative estimate of drug-likeness (QED) is 0.798. The molecule has 6 nitrogen and oxygen atoms in total. The number of hydrogen-bond acceptors (Lipinski definition) is 4.